The molecule has 0 saturated carbocycles. The molecule has 0 aliphatic heterocycles. The van der Waals surface area contributed by atoms with Crippen molar-refractivity contribution in [3.63, 3.8) is 0 Å². The third kappa shape index (κ3) is 4.43. The third-order valence-electron chi connectivity index (χ3n) is 4.50. The van der Waals surface area contributed by atoms with Crippen LogP contribution in [0.3, 0.4) is 0 Å². The third-order valence-corrected chi connectivity index (χ3v) is 5.37. The lowest BCUT2D eigenvalue weighted by atomic mass is 10.1. The van der Waals surface area contributed by atoms with E-state index < -0.39 is 15.5 Å². The maximum absolute atomic E-state index is 12.4. The SMILES string of the molecule is N#C/C(=C/Nc1cccc([N+](=O)[O-])c1)c1nc(-c2cc3cc([N+](=O)[O-])ccc3oc2=O)cs1. The van der Waals surface area contributed by atoms with Crippen molar-refractivity contribution in [1.82, 2.24) is 4.98 Å². The van der Waals surface area contributed by atoms with Crippen LogP contribution in [0, 0.1) is 31.6 Å². The van der Waals surface area contributed by atoms with Gasteiger partial charge in [0.2, 0.25) is 0 Å². The Bertz CT molecular complexity index is 1550. The summed E-state index contributed by atoms with van der Waals surface area (Å²) in [5.74, 6) is 0. The van der Waals surface area contributed by atoms with Gasteiger partial charge in [-0.2, -0.15) is 5.26 Å². The van der Waals surface area contributed by atoms with Crippen LogP contribution in [0.2, 0.25) is 0 Å². The largest absolute Gasteiger partial charge is 0.422 e. The Labute approximate surface area is 188 Å². The molecule has 0 spiro atoms. The Morgan fingerprint density at radius 1 is 1.12 bits per heavy atom. The summed E-state index contributed by atoms with van der Waals surface area (Å²) in [6.07, 6.45) is 1.36. The van der Waals surface area contributed by atoms with E-state index in [9.17, 15) is 30.3 Å². The highest BCUT2D eigenvalue weighted by atomic mass is 32.1. The molecular weight excluding hydrogens is 450 g/mol. The van der Waals surface area contributed by atoms with E-state index in [-0.39, 0.29) is 33.8 Å². The Morgan fingerprint density at radius 2 is 1.88 bits per heavy atom. The van der Waals surface area contributed by atoms with E-state index in [1.807, 2.05) is 6.07 Å². The summed E-state index contributed by atoms with van der Waals surface area (Å²) in [4.78, 5) is 37.6. The molecule has 2 aromatic heterocycles. The number of hydrogen-bond acceptors (Lipinski definition) is 10. The van der Waals surface area contributed by atoms with Crippen molar-refractivity contribution in [1.29, 1.82) is 5.26 Å². The predicted molar refractivity (Wildman–Crippen MR) is 121 cm³/mol. The van der Waals surface area contributed by atoms with Crippen molar-refractivity contribution in [3.8, 4) is 17.3 Å². The lowest BCUT2D eigenvalue weighted by Gasteiger charge is -2.01. The van der Waals surface area contributed by atoms with E-state index in [2.05, 4.69) is 10.3 Å². The van der Waals surface area contributed by atoms with Crippen LogP contribution in [0.5, 0.6) is 0 Å². The number of hydrogen-bond donors (Lipinski definition) is 1. The monoisotopic (exact) mass is 461 g/mol. The van der Waals surface area contributed by atoms with Crippen molar-refractivity contribution in [3.05, 3.63) is 95.8 Å². The molecule has 1 N–H and O–H groups in total. The molecule has 2 aromatic carbocycles. The molecule has 0 fully saturated rings. The fraction of sp³-hybridized carbons (Fsp3) is 0. The summed E-state index contributed by atoms with van der Waals surface area (Å²) in [7, 11) is 0. The van der Waals surface area contributed by atoms with Gasteiger partial charge >= 0.3 is 5.63 Å². The fourth-order valence-corrected chi connectivity index (χ4v) is 3.72. The number of nitrogens with zero attached hydrogens (tertiary/aromatic N) is 4. The van der Waals surface area contributed by atoms with Crippen molar-refractivity contribution in [2.24, 2.45) is 0 Å². The molecule has 0 bridgehead atoms. The van der Waals surface area contributed by atoms with Gasteiger partial charge in [0, 0.05) is 46.9 Å². The molecule has 4 aromatic rings. The highest BCUT2D eigenvalue weighted by molar-refractivity contribution is 7.11. The van der Waals surface area contributed by atoms with E-state index in [1.165, 1.54) is 48.7 Å². The van der Waals surface area contributed by atoms with Crippen molar-refractivity contribution in [2.75, 3.05) is 5.32 Å². The number of nitro groups is 2. The summed E-state index contributed by atoms with van der Waals surface area (Å²) < 4.78 is 5.25. The molecular formula is C21H11N5O6S. The van der Waals surface area contributed by atoms with Gasteiger partial charge in [-0.15, -0.1) is 11.3 Å². The predicted octanol–water partition coefficient (Wildman–Crippen LogP) is 4.71. The van der Waals surface area contributed by atoms with Gasteiger partial charge in [-0.3, -0.25) is 20.2 Å². The van der Waals surface area contributed by atoms with Gasteiger partial charge in [0.05, 0.1) is 21.1 Å². The van der Waals surface area contributed by atoms with Gasteiger partial charge < -0.3 is 9.73 Å². The minimum absolute atomic E-state index is 0.0921. The smallest absolute Gasteiger partial charge is 0.345 e. The molecule has 0 aliphatic rings. The van der Waals surface area contributed by atoms with E-state index >= 15 is 0 Å². The summed E-state index contributed by atoms with van der Waals surface area (Å²) in [5, 5.41) is 36.5. The number of thiazole rings is 1. The first-order valence-corrected chi connectivity index (χ1v) is 10.0. The number of non-ortho nitro benzene ring substituents is 2. The first-order valence-electron chi connectivity index (χ1n) is 9.15. The molecule has 0 radical (unpaired) electrons. The Hall–Kier alpha value is -4.89. The zero-order chi connectivity index (χ0) is 23.5. The lowest BCUT2D eigenvalue weighted by molar-refractivity contribution is -0.384. The number of aromatic nitrogens is 1. The fourth-order valence-electron chi connectivity index (χ4n) is 2.93. The number of allylic oxidation sites excluding steroid dienone is 1. The second kappa shape index (κ2) is 8.69. The van der Waals surface area contributed by atoms with Crippen LogP contribution in [0.15, 0.2) is 69.3 Å². The van der Waals surface area contributed by atoms with Crippen LogP contribution in [-0.2, 0) is 0 Å². The van der Waals surface area contributed by atoms with Gasteiger partial charge in [-0.25, -0.2) is 9.78 Å². The van der Waals surface area contributed by atoms with E-state index in [0.29, 0.717) is 16.1 Å². The van der Waals surface area contributed by atoms with Gasteiger partial charge in [0.1, 0.15) is 22.2 Å². The van der Waals surface area contributed by atoms with E-state index in [1.54, 1.807) is 11.4 Å². The van der Waals surface area contributed by atoms with Crippen LogP contribution < -0.4 is 10.9 Å². The number of anilines is 1. The number of nitro benzene ring substituents is 2. The molecule has 162 valence electrons. The number of nitriles is 1. The molecule has 4 rings (SSSR count). The maximum atomic E-state index is 12.4. The molecule has 0 amide bonds. The second-order valence-electron chi connectivity index (χ2n) is 6.59. The van der Waals surface area contributed by atoms with Gasteiger partial charge in [0.15, 0.2) is 0 Å². The van der Waals surface area contributed by atoms with Gasteiger partial charge in [0.25, 0.3) is 11.4 Å². The average molecular weight is 461 g/mol. The minimum atomic E-state index is -0.676. The first-order chi connectivity index (χ1) is 15.9. The summed E-state index contributed by atoms with van der Waals surface area (Å²) >= 11 is 1.10. The summed E-state index contributed by atoms with van der Waals surface area (Å²) in [5.41, 5.74) is 0.149. The highest BCUT2D eigenvalue weighted by Crippen LogP contribution is 2.28. The Morgan fingerprint density at radius 3 is 2.61 bits per heavy atom. The lowest BCUT2D eigenvalue weighted by Crippen LogP contribution is -2.03. The number of nitrogens with one attached hydrogen (secondary N) is 1. The first kappa shape index (κ1) is 21.3. The molecule has 2 heterocycles. The van der Waals surface area contributed by atoms with Crippen molar-refractivity contribution >= 4 is 44.9 Å². The van der Waals surface area contributed by atoms with Crippen LogP contribution in [0.4, 0.5) is 17.1 Å². The molecule has 0 unspecified atom stereocenters. The van der Waals surface area contributed by atoms with Crippen LogP contribution in [0.1, 0.15) is 5.01 Å². The Balaban J connectivity index is 1.66. The van der Waals surface area contributed by atoms with Crippen molar-refractivity contribution in [2.45, 2.75) is 0 Å². The number of rotatable bonds is 6. The molecule has 0 saturated heterocycles. The molecule has 11 nitrogen and oxygen atoms in total. The Kier molecular flexibility index (Phi) is 5.62. The zero-order valence-electron chi connectivity index (χ0n) is 16.4. The summed E-state index contributed by atoms with van der Waals surface area (Å²) in [6.45, 7) is 0. The van der Waals surface area contributed by atoms with Gasteiger partial charge in [-0.1, -0.05) is 6.07 Å². The van der Waals surface area contributed by atoms with E-state index in [4.69, 9.17) is 4.42 Å². The topological polar surface area (TPSA) is 165 Å². The number of fused-ring (bicyclic) bond motifs is 1. The standard InChI is InChI=1S/C21H11N5O6S/c22-9-13(10-23-14-2-1-3-15(8-14)25(28)29)20-24-18(11-33-20)17-7-12-6-16(26(30)31)4-5-19(12)32-21(17)27/h1-8,10-11,23H/b13-10-. The quantitative estimate of drug-likeness (QED) is 0.185. The van der Waals surface area contributed by atoms with Gasteiger partial charge in [-0.05, 0) is 18.2 Å². The minimum Gasteiger partial charge on any atom is -0.422 e. The van der Waals surface area contributed by atoms with E-state index in [0.717, 1.165) is 11.3 Å². The number of benzene rings is 2. The molecule has 0 atom stereocenters. The normalized spacial score (nSPS) is 11.2. The molecule has 0 aliphatic carbocycles. The van der Waals surface area contributed by atoms with Crippen molar-refractivity contribution < 1.29 is 14.3 Å². The highest BCUT2D eigenvalue weighted by Gasteiger charge is 2.15. The second-order valence-corrected chi connectivity index (χ2v) is 7.44. The van der Waals surface area contributed by atoms with Crippen LogP contribution in [-0.4, -0.2) is 14.8 Å². The zero-order valence-corrected chi connectivity index (χ0v) is 17.2. The molecule has 33 heavy (non-hydrogen) atoms. The summed E-state index contributed by atoms with van der Waals surface area (Å²) in [6, 6.07) is 13.1. The average Bonchev–Trinajstić information content (AvgIpc) is 3.28. The maximum Gasteiger partial charge on any atom is 0.345 e. The van der Waals surface area contributed by atoms with Crippen LogP contribution in [0.25, 0.3) is 27.8 Å². The van der Waals surface area contributed by atoms with Crippen LogP contribution >= 0.6 is 11.3 Å². The molecule has 12 heteroatoms.